The van der Waals surface area contributed by atoms with Gasteiger partial charge in [0.25, 0.3) is 5.69 Å². The summed E-state index contributed by atoms with van der Waals surface area (Å²) in [5.74, 6) is 0.706. The molecule has 1 atom stereocenters. The van der Waals surface area contributed by atoms with Crippen molar-refractivity contribution in [2.45, 2.75) is 39.2 Å². The number of piperidine rings is 1. The van der Waals surface area contributed by atoms with E-state index in [0.29, 0.717) is 17.6 Å². The Kier molecular flexibility index (Phi) is 4.89. The maximum Gasteiger partial charge on any atom is 0.290 e. The highest BCUT2D eigenvalue weighted by molar-refractivity contribution is 5.44. The van der Waals surface area contributed by atoms with E-state index < -0.39 is 4.92 Å². The largest absolute Gasteiger partial charge is 0.368 e. The summed E-state index contributed by atoms with van der Waals surface area (Å²) in [6.45, 7) is 7.00. The maximum absolute atomic E-state index is 10.7. The molecule has 1 aliphatic heterocycles. The van der Waals surface area contributed by atoms with Crippen molar-refractivity contribution in [3.63, 3.8) is 0 Å². The monoisotopic (exact) mass is 278 g/mol. The van der Waals surface area contributed by atoms with Crippen LogP contribution < -0.4 is 5.32 Å². The van der Waals surface area contributed by atoms with Gasteiger partial charge in [-0.1, -0.05) is 6.42 Å². The van der Waals surface area contributed by atoms with Crippen molar-refractivity contribution in [2.24, 2.45) is 0 Å². The number of aryl methyl sites for hydroxylation is 1. The van der Waals surface area contributed by atoms with Crippen LogP contribution in [0.3, 0.4) is 0 Å². The van der Waals surface area contributed by atoms with Gasteiger partial charge in [-0.05, 0) is 45.8 Å². The average molecular weight is 278 g/mol. The molecule has 2 heterocycles. The van der Waals surface area contributed by atoms with Crippen LogP contribution in [0, 0.1) is 17.0 Å². The minimum absolute atomic E-state index is 0.0691. The normalized spacial score (nSPS) is 17.7. The summed E-state index contributed by atoms with van der Waals surface area (Å²) in [4.78, 5) is 17.1. The molecule has 1 unspecified atom stereocenters. The molecule has 0 saturated carbocycles. The first-order chi connectivity index (χ1) is 9.58. The first kappa shape index (κ1) is 14.7. The summed E-state index contributed by atoms with van der Waals surface area (Å²) in [6, 6.07) is 3.64. The van der Waals surface area contributed by atoms with Gasteiger partial charge in [-0.15, -0.1) is 0 Å². The van der Waals surface area contributed by atoms with Gasteiger partial charge in [0, 0.05) is 18.7 Å². The SMILES string of the molecule is Cc1nc(NCC(C)N2CCCCC2)ccc1[N+](=O)[O-]. The fourth-order valence-electron chi connectivity index (χ4n) is 2.59. The Morgan fingerprint density at radius 1 is 1.40 bits per heavy atom. The van der Waals surface area contributed by atoms with Gasteiger partial charge in [-0.2, -0.15) is 0 Å². The zero-order valence-electron chi connectivity index (χ0n) is 12.1. The topological polar surface area (TPSA) is 71.3 Å². The van der Waals surface area contributed by atoms with E-state index in [1.54, 1.807) is 13.0 Å². The molecule has 1 saturated heterocycles. The van der Waals surface area contributed by atoms with E-state index in [2.05, 4.69) is 22.1 Å². The predicted octanol–water partition coefficient (Wildman–Crippen LogP) is 2.58. The third kappa shape index (κ3) is 3.66. The van der Waals surface area contributed by atoms with E-state index in [1.807, 2.05) is 0 Å². The van der Waals surface area contributed by atoms with Crippen molar-refractivity contribution < 1.29 is 4.92 Å². The molecule has 0 bridgehead atoms. The summed E-state index contributed by atoms with van der Waals surface area (Å²) in [7, 11) is 0. The number of hydrogen-bond donors (Lipinski definition) is 1. The second-order valence-corrected chi connectivity index (χ2v) is 5.38. The molecule has 0 radical (unpaired) electrons. The van der Waals surface area contributed by atoms with E-state index >= 15 is 0 Å². The molecule has 1 N–H and O–H groups in total. The standard InChI is InChI=1S/C14H22N4O2/c1-11(17-8-4-3-5-9-17)10-15-14-7-6-13(18(19)20)12(2)16-14/h6-7,11H,3-5,8-10H2,1-2H3,(H,15,16). The van der Waals surface area contributed by atoms with E-state index in [-0.39, 0.29) is 5.69 Å². The molecular weight excluding hydrogens is 256 g/mol. The first-order valence-corrected chi connectivity index (χ1v) is 7.18. The molecule has 1 aromatic heterocycles. The van der Waals surface area contributed by atoms with Gasteiger partial charge >= 0.3 is 0 Å². The molecule has 0 amide bonds. The van der Waals surface area contributed by atoms with Gasteiger partial charge < -0.3 is 5.32 Å². The molecule has 0 spiro atoms. The van der Waals surface area contributed by atoms with Crippen LogP contribution >= 0.6 is 0 Å². The smallest absolute Gasteiger partial charge is 0.290 e. The number of anilines is 1. The van der Waals surface area contributed by atoms with Crippen LogP contribution in [-0.2, 0) is 0 Å². The average Bonchev–Trinajstić information content (AvgIpc) is 2.45. The molecule has 1 aromatic rings. The highest BCUT2D eigenvalue weighted by Gasteiger charge is 2.17. The van der Waals surface area contributed by atoms with E-state index in [4.69, 9.17) is 0 Å². The summed E-state index contributed by atoms with van der Waals surface area (Å²) in [6.07, 6.45) is 3.89. The Balaban J connectivity index is 1.90. The molecular formula is C14H22N4O2. The molecule has 1 fully saturated rings. The second-order valence-electron chi connectivity index (χ2n) is 5.38. The fourth-order valence-corrected chi connectivity index (χ4v) is 2.59. The lowest BCUT2D eigenvalue weighted by molar-refractivity contribution is -0.385. The van der Waals surface area contributed by atoms with Crippen molar-refractivity contribution in [1.82, 2.24) is 9.88 Å². The summed E-state index contributed by atoms with van der Waals surface area (Å²) >= 11 is 0. The number of nitro groups is 1. The van der Waals surface area contributed by atoms with E-state index in [1.165, 1.54) is 25.3 Å². The number of hydrogen-bond acceptors (Lipinski definition) is 5. The Labute approximate surface area is 119 Å². The van der Waals surface area contributed by atoms with Gasteiger partial charge in [-0.25, -0.2) is 4.98 Å². The fraction of sp³-hybridized carbons (Fsp3) is 0.643. The Morgan fingerprint density at radius 3 is 2.70 bits per heavy atom. The molecule has 20 heavy (non-hydrogen) atoms. The molecule has 2 rings (SSSR count). The van der Waals surface area contributed by atoms with Gasteiger partial charge in [0.05, 0.1) is 4.92 Å². The van der Waals surface area contributed by atoms with Crippen LogP contribution in [0.4, 0.5) is 11.5 Å². The highest BCUT2D eigenvalue weighted by atomic mass is 16.6. The highest BCUT2D eigenvalue weighted by Crippen LogP contribution is 2.18. The summed E-state index contributed by atoms with van der Waals surface area (Å²) in [5, 5.41) is 14.0. The Hall–Kier alpha value is -1.69. The van der Waals surface area contributed by atoms with E-state index in [0.717, 1.165) is 19.6 Å². The quantitative estimate of drug-likeness (QED) is 0.662. The second kappa shape index (κ2) is 6.65. The molecule has 6 nitrogen and oxygen atoms in total. The third-order valence-electron chi connectivity index (χ3n) is 3.85. The van der Waals surface area contributed by atoms with Gasteiger partial charge in [-0.3, -0.25) is 15.0 Å². The van der Waals surface area contributed by atoms with Crippen LogP contribution in [0.25, 0.3) is 0 Å². The third-order valence-corrected chi connectivity index (χ3v) is 3.85. The lowest BCUT2D eigenvalue weighted by atomic mass is 10.1. The zero-order chi connectivity index (χ0) is 14.5. The molecule has 6 heteroatoms. The Bertz CT molecular complexity index is 472. The van der Waals surface area contributed by atoms with Crippen molar-refractivity contribution in [3.05, 3.63) is 27.9 Å². The van der Waals surface area contributed by atoms with Crippen molar-refractivity contribution in [2.75, 3.05) is 25.0 Å². The van der Waals surface area contributed by atoms with Crippen molar-refractivity contribution in [1.29, 1.82) is 0 Å². The molecule has 1 aliphatic rings. The van der Waals surface area contributed by atoms with Crippen LogP contribution in [0.15, 0.2) is 12.1 Å². The van der Waals surface area contributed by atoms with Crippen molar-refractivity contribution >= 4 is 11.5 Å². The molecule has 110 valence electrons. The zero-order valence-corrected chi connectivity index (χ0v) is 12.1. The van der Waals surface area contributed by atoms with E-state index in [9.17, 15) is 10.1 Å². The number of nitrogens with zero attached hydrogens (tertiary/aromatic N) is 3. The van der Waals surface area contributed by atoms with Crippen LogP contribution in [0.1, 0.15) is 31.9 Å². The lowest BCUT2D eigenvalue weighted by Gasteiger charge is -2.32. The van der Waals surface area contributed by atoms with Crippen LogP contribution in [0.2, 0.25) is 0 Å². The summed E-state index contributed by atoms with van der Waals surface area (Å²) < 4.78 is 0. The number of pyridine rings is 1. The predicted molar refractivity (Wildman–Crippen MR) is 79.0 cm³/mol. The molecule has 0 aromatic carbocycles. The van der Waals surface area contributed by atoms with Gasteiger partial charge in [0.15, 0.2) is 0 Å². The number of aromatic nitrogens is 1. The number of rotatable bonds is 5. The first-order valence-electron chi connectivity index (χ1n) is 7.18. The summed E-state index contributed by atoms with van der Waals surface area (Å²) in [5.41, 5.74) is 0.519. The maximum atomic E-state index is 10.7. The van der Waals surface area contributed by atoms with Crippen LogP contribution in [-0.4, -0.2) is 40.5 Å². The number of nitrogens with one attached hydrogen (secondary N) is 1. The van der Waals surface area contributed by atoms with Gasteiger partial charge in [0.1, 0.15) is 11.5 Å². The Morgan fingerprint density at radius 2 is 2.10 bits per heavy atom. The van der Waals surface area contributed by atoms with Crippen LogP contribution in [0.5, 0.6) is 0 Å². The minimum atomic E-state index is -0.400. The number of likely N-dealkylation sites (tertiary alicyclic amines) is 1. The lowest BCUT2D eigenvalue weighted by Crippen LogP contribution is -2.41. The van der Waals surface area contributed by atoms with Gasteiger partial charge in [0.2, 0.25) is 0 Å². The molecule has 0 aliphatic carbocycles. The van der Waals surface area contributed by atoms with Crippen molar-refractivity contribution in [3.8, 4) is 0 Å². The minimum Gasteiger partial charge on any atom is -0.368 e.